The van der Waals surface area contributed by atoms with Crippen LogP contribution in [-0.2, 0) is 4.79 Å². The quantitative estimate of drug-likeness (QED) is 0.219. The smallest absolute Gasteiger partial charge is 0.287 e. The lowest BCUT2D eigenvalue weighted by atomic mass is 10.2. The number of nitro groups is 1. The molecule has 0 radical (unpaired) electrons. The van der Waals surface area contributed by atoms with Gasteiger partial charge in [-0.2, -0.15) is 5.10 Å². The summed E-state index contributed by atoms with van der Waals surface area (Å²) in [5.74, 6) is 0.245. The highest BCUT2D eigenvalue weighted by Crippen LogP contribution is 2.33. The molecule has 1 amide bonds. The van der Waals surface area contributed by atoms with Gasteiger partial charge in [0.1, 0.15) is 17.8 Å². The largest absolute Gasteiger partial charge is 0.490 e. The molecule has 2 aromatic carbocycles. The van der Waals surface area contributed by atoms with Gasteiger partial charge in [-0.3, -0.25) is 20.3 Å². The van der Waals surface area contributed by atoms with Gasteiger partial charge >= 0.3 is 0 Å². The first kappa shape index (κ1) is 24.6. The summed E-state index contributed by atoms with van der Waals surface area (Å²) in [5, 5.41) is 17.4. The molecule has 3 rings (SSSR count). The molecule has 34 heavy (non-hydrogen) atoms. The van der Waals surface area contributed by atoms with Crippen LogP contribution in [0.15, 0.2) is 64.3 Å². The number of halogens is 2. The van der Waals surface area contributed by atoms with Gasteiger partial charge in [0.15, 0.2) is 18.1 Å². The van der Waals surface area contributed by atoms with Crippen LogP contribution >= 0.6 is 15.9 Å². The van der Waals surface area contributed by atoms with Crippen molar-refractivity contribution in [2.45, 2.75) is 6.92 Å². The molecule has 0 unspecified atom stereocenters. The van der Waals surface area contributed by atoms with Crippen LogP contribution in [0.5, 0.6) is 11.5 Å². The fraction of sp³-hybridized carbons (Fsp3) is 0.136. The van der Waals surface area contributed by atoms with Gasteiger partial charge in [0.2, 0.25) is 0 Å². The zero-order chi connectivity index (χ0) is 24.5. The van der Waals surface area contributed by atoms with E-state index in [-0.39, 0.29) is 12.3 Å². The molecule has 1 aromatic heterocycles. The summed E-state index contributed by atoms with van der Waals surface area (Å²) in [6.07, 6.45) is 2.63. The summed E-state index contributed by atoms with van der Waals surface area (Å²) >= 11 is 3.43. The number of nitrogens with zero attached hydrogens (tertiary/aromatic N) is 3. The molecular weight excluding hydrogens is 513 g/mol. The van der Waals surface area contributed by atoms with Gasteiger partial charge in [-0.25, -0.2) is 9.37 Å². The minimum Gasteiger partial charge on any atom is -0.490 e. The van der Waals surface area contributed by atoms with Crippen LogP contribution in [0.2, 0.25) is 0 Å². The first-order chi connectivity index (χ1) is 16.4. The molecule has 1 heterocycles. The predicted octanol–water partition coefficient (Wildman–Crippen LogP) is 4.75. The van der Waals surface area contributed by atoms with Gasteiger partial charge < -0.3 is 14.8 Å². The number of pyridine rings is 1. The van der Waals surface area contributed by atoms with Crippen LogP contribution in [0.3, 0.4) is 0 Å². The SMILES string of the molecule is CCOc1cc(/C=N/Nc2ccc([N+](=O)[O-])cn2)c(Br)cc1OCC(=O)Nc1ccc(F)cc1. The number of carbonyl (C=O) groups excluding carboxylic acids is 1. The molecule has 0 fully saturated rings. The van der Waals surface area contributed by atoms with Crippen molar-refractivity contribution in [2.24, 2.45) is 5.10 Å². The van der Waals surface area contributed by atoms with Crippen LogP contribution in [0.1, 0.15) is 12.5 Å². The number of aromatic nitrogens is 1. The Kier molecular flexibility index (Phi) is 8.46. The zero-order valence-electron chi connectivity index (χ0n) is 17.8. The highest BCUT2D eigenvalue weighted by Gasteiger charge is 2.12. The van der Waals surface area contributed by atoms with Crippen molar-refractivity contribution in [1.82, 2.24) is 4.98 Å². The van der Waals surface area contributed by atoms with Gasteiger partial charge in [0.25, 0.3) is 11.6 Å². The van der Waals surface area contributed by atoms with Gasteiger partial charge in [0, 0.05) is 21.8 Å². The molecular formula is C22H19BrFN5O5. The van der Waals surface area contributed by atoms with Gasteiger partial charge in [0.05, 0.1) is 17.7 Å². The average Bonchev–Trinajstić information content (AvgIpc) is 2.82. The van der Waals surface area contributed by atoms with Crippen molar-refractivity contribution < 1.29 is 23.6 Å². The Labute approximate surface area is 202 Å². The van der Waals surface area contributed by atoms with E-state index >= 15 is 0 Å². The molecule has 0 bridgehead atoms. The Morgan fingerprint density at radius 3 is 2.59 bits per heavy atom. The number of anilines is 2. The van der Waals surface area contributed by atoms with Crippen molar-refractivity contribution in [2.75, 3.05) is 24.0 Å². The zero-order valence-corrected chi connectivity index (χ0v) is 19.4. The Morgan fingerprint density at radius 1 is 1.21 bits per heavy atom. The van der Waals surface area contributed by atoms with E-state index in [0.717, 1.165) is 6.20 Å². The van der Waals surface area contributed by atoms with E-state index in [9.17, 15) is 19.3 Å². The number of ether oxygens (including phenoxy) is 2. The Hall–Kier alpha value is -4.06. The molecule has 0 spiro atoms. The predicted molar refractivity (Wildman–Crippen MR) is 128 cm³/mol. The summed E-state index contributed by atoms with van der Waals surface area (Å²) < 4.78 is 24.8. The molecule has 0 aliphatic carbocycles. The molecule has 2 N–H and O–H groups in total. The Bertz CT molecular complexity index is 1190. The molecule has 3 aromatic rings. The van der Waals surface area contributed by atoms with E-state index in [4.69, 9.17) is 9.47 Å². The maximum Gasteiger partial charge on any atom is 0.287 e. The molecule has 0 aliphatic rings. The second-order valence-electron chi connectivity index (χ2n) is 6.63. The second-order valence-corrected chi connectivity index (χ2v) is 7.48. The summed E-state index contributed by atoms with van der Waals surface area (Å²) in [4.78, 5) is 26.2. The van der Waals surface area contributed by atoms with Crippen molar-refractivity contribution in [3.63, 3.8) is 0 Å². The molecule has 0 atom stereocenters. The fourth-order valence-electron chi connectivity index (χ4n) is 2.63. The van der Waals surface area contributed by atoms with E-state index in [1.54, 1.807) is 12.1 Å². The standard InChI is InChI=1S/C22H19BrFN5O5/c1-2-33-19-9-14(11-26-28-21-8-7-17(12-25-21)29(31)32)18(23)10-20(19)34-13-22(30)27-16-5-3-15(24)4-6-16/h3-12H,2,13H2,1H3,(H,25,28)(H,27,30)/b26-11+. The van der Waals surface area contributed by atoms with E-state index in [0.29, 0.717) is 39.6 Å². The third-order valence-corrected chi connectivity index (χ3v) is 4.88. The third kappa shape index (κ3) is 6.97. The van der Waals surface area contributed by atoms with Crippen LogP contribution < -0.4 is 20.2 Å². The van der Waals surface area contributed by atoms with Crippen molar-refractivity contribution in [3.05, 3.63) is 80.7 Å². The molecule has 0 saturated carbocycles. The summed E-state index contributed by atoms with van der Waals surface area (Å²) in [5.41, 5.74) is 3.65. The van der Waals surface area contributed by atoms with E-state index in [1.807, 2.05) is 6.92 Å². The fourth-order valence-corrected chi connectivity index (χ4v) is 3.06. The average molecular weight is 532 g/mol. The van der Waals surface area contributed by atoms with Gasteiger partial charge in [-0.1, -0.05) is 0 Å². The summed E-state index contributed by atoms with van der Waals surface area (Å²) in [7, 11) is 0. The van der Waals surface area contributed by atoms with Crippen LogP contribution in [0.25, 0.3) is 0 Å². The lowest BCUT2D eigenvalue weighted by Crippen LogP contribution is -2.20. The van der Waals surface area contributed by atoms with E-state index in [1.165, 1.54) is 42.6 Å². The van der Waals surface area contributed by atoms with E-state index in [2.05, 4.69) is 36.8 Å². The minimum absolute atomic E-state index is 0.124. The van der Waals surface area contributed by atoms with Crippen LogP contribution in [0.4, 0.5) is 21.6 Å². The van der Waals surface area contributed by atoms with Crippen molar-refractivity contribution in [3.8, 4) is 11.5 Å². The summed E-state index contributed by atoms with van der Waals surface area (Å²) in [6.45, 7) is 1.88. The number of nitrogens with one attached hydrogen (secondary N) is 2. The molecule has 176 valence electrons. The van der Waals surface area contributed by atoms with Crippen LogP contribution in [0, 0.1) is 15.9 Å². The first-order valence-electron chi connectivity index (χ1n) is 9.89. The van der Waals surface area contributed by atoms with Gasteiger partial charge in [-0.15, -0.1) is 0 Å². The topological polar surface area (TPSA) is 128 Å². The maximum atomic E-state index is 13.0. The molecule has 0 aliphatic heterocycles. The number of carbonyl (C=O) groups is 1. The number of hydrazone groups is 1. The molecule has 0 saturated heterocycles. The van der Waals surface area contributed by atoms with Crippen molar-refractivity contribution in [1.29, 1.82) is 0 Å². The molecule has 12 heteroatoms. The lowest BCUT2D eigenvalue weighted by Gasteiger charge is -2.14. The highest BCUT2D eigenvalue weighted by atomic mass is 79.9. The Morgan fingerprint density at radius 2 is 1.94 bits per heavy atom. The maximum absolute atomic E-state index is 13.0. The van der Waals surface area contributed by atoms with Gasteiger partial charge in [-0.05, 0) is 65.3 Å². The number of benzene rings is 2. The summed E-state index contributed by atoms with van der Waals surface area (Å²) in [6, 6.07) is 11.4. The monoisotopic (exact) mass is 531 g/mol. The highest BCUT2D eigenvalue weighted by molar-refractivity contribution is 9.10. The van der Waals surface area contributed by atoms with Crippen molar-refractivity contribution >= 4 is 45.2 Å². The second kappa shape index (κ2) is 11.7. The third-order valence-electron chi connectivity index (χ3n) is 4.19. The number of hydrogen-bond acceptors (Lipinski definition) is 8. The van der Waals surface area contributed by atoms with E-state index < -0.39 is 16.6 Å². The first-order valence-corrected chi connectivity index (χ1v) is 10.7. The normalized spacial score (nSPS) is 10.7. The number of hydrogen-bond donors (Lipinski definition) is 2. The molecule has 10 nitrogen and oxygen atoms in total. The number of amides is 1. The Balaban J connectivity index is 1.65. The number of rotatable bonds is 10. The lowest BCUT2D eigenvalue weighted by molar-refractivity contribution is -0.385. The van der Waals surface area contributed by atoms with Crippen LogP contribution in [-0.4, -0.2) is 35.2 Å². The minimum atomic E-state index is -0.539.